The first-order valence-corrected chi connectivity index (χ1v) is 8.70. The maximum absolute atomic E-state index is 5.34. The molecule has 0 bridgehead atoms. The third-order valence-corrected chi connectivity index (χ3v) is 4.99. The van der Waals surface area contributed by atoms with Gasteiger partial charge >= 0.3 is 0 Å². The number of hydrogen-bond acceptors (Lipinski definition) is 4. The molecular formula is C18H19N3OS. The molecule has 2 aromatic heterocycles. The number of hydrogen-bond donors (Lipinski definition) is 0. The molecule has 1 aliphatic rings. The molecule has 118 valence electrons. The zero-order valence-corrected chi connectivity index (χ0v) is 13.9. The lowest BCUT2D eigenvalue weighted by atomic mass is 10.00. The van der Waals surface area contributed by atoms with Gasteiger partial charge in [-0.05, 0) is 47.2 Å². The molecule has 0 radical (unpaired) electrons. The molecule has 0 saturated heterocycles. The second-order valence-corrected chi connectivity index (χ2v) is 6.61. The molecule has 4 nitrogen and oxygen atoms in total. The van der Waals surface area contributed by atoms with E-state index in [2.05, 4.69) is 52.2 Å². The highest BCUT2D eigenvalue weighted by Crippen LogP contribution is 2.24. The van der Waals surface area contributed by atoms with Crippen LogP contribution in [0.2, 0.25) is 0 Å². The Morgan fingerprint density at radius 2 is 2.17 bits per heavy atom. The lowest BCUT2D eigenvalue weighted by Crippen LogP contribution is -2.32. The minimum Gasteiger partial charge on any atom is -0.497 e. The molecule has 0 saturated carbocycles. The SMILES string of the molecule is COc1ccc2c(c1)CN(Cn1ccc(-c3ccsc3)n1)CC2. The Labute approximate surface area is 139 Å². The van der Waals surface area contributed by atoms with Crippen molar-refractivity contribution in [1.29, 1.82) is 0 Å². The van der Waals surface area contributed by atoms with Crippen LogP contribution in [0.3, 0.4) is 0 Å². The van der Waals surface area contributed by atoms with Crippen LogP contribution in [-0.4, -0.2) is 28.3 Å². The van der Waals surface area contributed by atoms with Gasteiger partial charge in [0, 0.05) is 30.2 Å². The molecule has 0 atom stereocenters. The molecule has 23 heavy (non-hydrogen) atoms. The molecule has 3 heterocycles. The first-order valence-electron chi connectivity index (χ1n) is 7.76. The summed E-state index contributed by atoms with van der Waals surface area (Å²) in [5.74, 6) is 0.935. The summed E-state index contributed by atoms with van der Waals surface area (Å²) in [6.07, 6.45) is 3.14. The predicted molar refractivity (Wildman–Crippen MR) is 92.6 cm³/mol. The average molecular weight is 325 g/mol. The summed E-state index contributed by atoms with van der Waals surface area (Å²) in [6.45, 7) is 2.83. The van der Waals surface area contributed by atoms with Crippen molar-refractivity contribution in [2.45, 2.75) is 19.6 Å². The maximum atomic E-state index is 5.34. The van der Waals surface area contributed by atoms with Crippen molar-refractivity contribution in [1.82, 2.24) is 14.7 Å². The quantitative estimate of drug-likeness (QED) is 0.734. The van der Waals surface area contributed by atoms with E-state index >= 15 is 0 Å². The van der Waals surface area contributed by atoms with Crippen molar-refractivity contribution < 1.29 is 4.74 Å². The Kier molecular flexibility index (Phi) is 3.89. The van der Waals surface area contributed by atoms with Crippen LogP contribution < -0.4 is 4.74 Å². The smallest absolute Gasteiger partial charge is 0.119 e. The second-order valence-electron chi connectivity index (χ2n) is 5.83. The number of nitrogens with zero attached hydrogens (tertiary/aromatic N) is 3. The van der Waals surface area contributed by atoms with Crippen LogP contribution in [0.25, 0.3) is 11.3 Å². The van der Waals surface area contributed by atoms with Crippen LogP contribution in [0.15, 0.2) is 47.3 Å². The van der Waals surface area contributed by atoms with Gasteiger partial charge in [0.1, 0.15) is 5.75 Å². The Balaban J connectivity index is 1.48. The molecule has 0 unspecified atom stereocenters. The zero-order valence-electron chi connectivity index (χ0n) is 13.1. The summed E-state index contributed by atoms with van der Waals surface area (Å²) >= 11 is 1.70. The second kappa shape index (κ2) is 6.18. The lowest BCUT2D eigenvalue weighted by molar-refractivity contribution is 0.190. The van der Waals surface area contributed by atoms with Crippen molar-refractivity contribution >= 4 is 11.3 Å². The minimum atomic E-state index is 0.820. The summed E-state index contributed by atoms with van der Waals surface area (Å²) < 4.78 is 7.37. The predicted octanol–water partition coefficient (Wildman–Crippen LogP) is 3.64. The standard InChI is InChI=1S/C18H19N3OS/c1-22-17-3-2-14-4-7-20(11-16(14)10-17)13-21-8-5-18(19-21)15-6-9-23-12-15/h2-3,5-6,8-10,12H,4,7,11,13H2,1H3. The molecule has 0 N–H and O–H groups in total. The molecule has 0 amide bonds. The van der Waals surface area contributed by atoms with E-state index in [1.807, 2.05) is 4.68 Å². The largest absolute Gasteiger partial charge is 0.497 e. The van der Waals surface area contributed by atoms with E-state index in [4.69, 9.17) is 9.84 Å². The number of methoxy groups -OCH3 is 1. The minimum absolute atomic E-state index is 0.820. The lowest BCUT2D eigenvalue weighted by Gasteiger charge is -2.28. The van der Waals surface area contributed by atoms with E-state index in [-0.39, 0.29) is 0 Å². The fraction of sp³-hybridized carbons (Fsp3) is 0.278. The number of rotatable bonds is 4. The van der Waals surface area contributed by atoms with E-state index in [0.717, 1.165) is 37.6 Å². The topological polar surface area (TPSA) is 30.3 Å². The van der Waals surface area contributed by atoms with Crippen molar-refractivity contribution in [3.05, 3.63) is 58.4 Å². The van der Waals surface area contributed by atoms with E-state index in [0.29, 0.717) is 0 Å². The molecule has 0 aliphatic carbocycles. The Morgan fingerprint density at radius 3 is 3.00 bits per heavy atom. The number of thiophene rings is 1. The number of fused-ring (bicyclic) bond motifs is 1. The van der Waals surface area contributed by atoms with E-state index in [1.54, 1.807) is 18.4 Å². The van der Waals surface area contributed by atoms with Crippen LogP contribution in [0.4, 0.5) is 0 Å². The molecule has 1 aromatic carbocycles. The monoisotopic (exact) mass is 325 g/mol. The van der Waals surface area contributed by atoms with Gasteiger partial charge in [-0.1, -0.05) is 6.07 Å². The van der Waals surface area contributed by atoms with Gasteiger partial charge in [0.15, 0.2) is 0 Å². The van der Waals surface area contributed by atoms with Crippen molar-refractivity contribution in [2.24, 2.45) is 0 Å². The van der Waals surface area contributed by atoms with Crippen molar-refractivity contribution in [2.75, 3.05) is 13.7 Å². The van der Waals surface area contributed by atoms with Gasteiger partial charge in [0.05, 0.1) is 19.5 Å². The number of ether oxygens (including phenoxy) is 1. The molecule has 0 fully saturated rings. The molecular weight excluding hydrogens is 306 g/mol. The van der Waals surface area contributed by atoms with Gasteiger partial charge in [-0.3, -0.25) is 9.58 Å². The highest BCUT2D eigenvalue weighted by Gasteiger charge is 2.17. The Hall–Kier alpha value is -2.11. The van der Waals surface area contributed by atoms with Crippen molar-refractivity contribution in [3.8, 4) is 17.0 Å². The summed E-state index contributed by atoms with van der Waals surface area (Å²) in [6, 6.07) is 10.6. The molecule has 5 heteroatoms. The number of benzene rings is 1. The summed E-state index contributed by atoms with van der Waals surface area (Å²) in [5.41, 5.74) is 5.04. The van der Waals surface area contributed by atoms with Crippen LogP contribution >= 0.6 is 11.3 Å². The zero-order chi connectivity index (χ0) is 15.6. The van der Waals surface area contributed by atoms with E-state index in [1.165, 1.54) is 16.7 Å². The van der Waals surface area contributed by atoms with Crippen LogP contribution in [0, 0.1) is 0 Å². The normalized spacial score (nSPS) is 14.7. The Morgan fingerprint density at radius 1 is 1.22 bits per heavy atom. The summed E-state index contributed by atoms with van der Waals surface area (Å²) in [4.78, 5) is 2.42. The molecule has 3 aromatic rings. The van der Waals surface area contributed by atoms with Gasteiger partial charge in [0.25, 0.3) is 0 Å². The highest BCUT2D eigenvalue weighted by molar-refractivity contribution is 7.08. The van der Waals surface area contributed by atoms with Crippen LogP contribution in [0.1, 0.15) is 11.1 Å². The molecule has 1 aliphatic heterocycles. The van der Waals surface area contributed by atoms with E-state index < -0.39 is 0 Å². The fourth-order valence-corrected chi connectivity index (χ4v) is 3.70. The first kappa shape index (κ1) is 14.5. The molecule has 0 spiro atoms. The highest BCUT2D eigenvalue weighted by atomic mass is 32.1. The van der Waals surface area contributed by atoms with Crippen LogP contribution in [-0.2, 0) is 19.6 Å². The third kappa shape index (κ3) is 3.02. The van der Waals surface area contributed by atoms with Gasteiger partial charge in [-0.2, -0.15) is 16.4 Å². The van der Waals surface area contributed by atoms with Gasteiger partial charge in [-0.25, -0.2) is 0 Å². The summed E-state index contributed by atoms with van der Waals surface area (Å²) in [5, 5.41) is 8.92. The average Bonchev–Trinajstić information content (AvgIpc) is 3.25. The van der Waals surface area contributed by atoms with Crippen LogP contribution in [0.5, 0.6) is 5.75 Å². The Bertz CT molecular complexity index is 794. The van der Waals surface area contributed by atoms with Crippen molar-refractivity contribution in [3.63, 3.8) is 0 Å². The van der Waals surface area contributed by atoms with Gasteiger partial charge in [-0.15, -0.1) is 0 Å². The first-order chi connectivity index (χ1) is 11.3. The summed E-state index contributed by atoms with van der Waals surface area (Å²) in [7, 11) is 1.72. The molecule has 4 rings (SSSR count). The maximum Gasteiger partial charge on any atom is 0.119 e. The van der Waals surface area contributed by atoms with Gasteiger partial charge < -0.3 is 4.74 Å². The van der Waals surface area contributed by atoms with E-state index in [9.17, 15) is 0 Å². The third-order valence-electron chi connectivity index (χ3n) is 4.31. The van der Waals surface area contributed by atoms with Gasteiger partial charge in [0.2, 0.25) is 0 Å². The fourth-order valence-electron chi connectivity index (χ4n) is 3.05. The number of aromatic nitrogens is 2.